The van der Waals surface area contributed by atoms with E-state index in [9.17, 15) is 4.79 Å². The standard InChI is InChI=1S/C13H15ClN4O/c1-2-3-11-8-12(18-17-11)16-13(19)15-10-6-4-9(14)5-7-10/h4-8H,2-3H2,1H3,(H3,15,16,17,18,19). The van der Waals surface area contributed by atoms with Crippen molar-refractivity contribution < 1.29 is 4.79 Å². The average molecular weight is 279 g/mol. The van der Waals surface area contributed by atoms with E-state index in [4.69, 9.17) is 11.6 Å². The number of aryl methyl sites for hydroxylation is 1. The number of nitrogens with one attached hydrogen (secondary N) is 3. The number of carbonyl (C=O) groups is 1. The van der Waals surface area contributed by atoms with Gasteiger partial charge in [0.2, 0.25) is 0 Å². The smallest absolute Gasteiger partial charge is 0.308 e. The lowest BCUT2D eigenvalue weighted by Crippen LogP contribution is -2.19. The number of benzene rings is 1. The number of H-pyrrole nitrogens is 1. The van der Waals surface area contributed by atoms with Crippen LogP contribution in [-0.4, -0.2) is 16.2 Å². The van der Waals surface area contributed by atoms with Crippen molar-refractivity contribution in [3.8, 4) is 0 Å². The molecule has 0 aliphatic heterocycles. The van der Waals surface area contributed by atoms with Crippen molar-refractivity contribution in [2.24, 2.45) is 0 Å². The van der Waals surface area contributed by atoms with Crippen LogP contribution in [0, 0.1) is 0 Å². The van der Waals surface area contributed by atoms with Crippen molar-refractivity contribution in [1.29, 1.82) is 0 Å². The molecule has 0 spiro atoms. The number of hydrogen-bond acceptors (Lipinski definition) is 2. The molecule has 0 fully saturated rings. The maximum Gasteiger partial charge on any atom is 0.324 e. The molecular weight excluding hydrogens is 264 g/mol. The topological polar surface area (TPSA) is 69.8 Å². The second-order valence-electron chi connectivity index (χ2n) is 4.11. The molecule has 2 amide bonds. The van der Waals surface area contributed by atoms with E-state index in [1.54, 1.807) is 24.3 Å². The number of rotatable bonds is 4. The van der Waals surface area contributed by atoms with Crippen molar-refractivity contribution in [3.63, 3.8) is 0 Å². The first-order valence-corrected chi connectivity index (χ1v) is 6.43. The van der Waals surface area contributed by atoms with Crippen LogP contribution < -0.4 is 10.6 Å². The molecule has 5 nitrogen and oxygen atoms in total. The summed E-state index contributed by atoms with van der Waals surface area (Å²) in [6, 6.07) is 8.38. The van der Waals surface area contributed by atoms with Gasteiger partial charge in [-0.2, -0.15) is 5.10 Å². The maximum atomic E-state index is 11.7. The zero-order valence-corrected chi connectivity index (χ0v) is 11.3. The number of aromatic amines is 1. The zero-order valence-electron chi connectivity index (χ0n) is 10.5. The van der Waals surface area contributed by atoms with Gasteiger partial charge in [0, 0.05) is 22.5 Å². The van der Waals surface area contributed by atoms with Gasteiger partial charge in [-0.25, -0.2) is 4.79 Å². The highest BCUT2D eigenvalue weighted by Gasteiger charge is 2.05. The van der Waals surface area contributed by atoms with Gasteiger partial charge in [0.15, 0.2) is 5.82 Å². The third kappa shape index (κ3) is 3.99. The molecule has 2 aromatic rings. The summed E-state index contributed by atoms with van der Waals surface area (Å²) in [6.45, 7) is 2.08. The number of urea groups is 1. The highest BCUT2D eigenvalue weighted by atomic mass is 35.5. The third-order valence-corrected chi connectivity index (χ3v) is 2.75. The van der Waals surface area contributed by atoms with Gasteiger partial charge in [-0.1, -0.05) is 24.9 Å². The highest BCUT2D eigenvalue weighted by molar-refractivity contribution is 6.30. The minimum absolute atomic E-state index is 0.336. The predicted octanol–water partition coefficient (Wildman–Crippen LogP) is 3.66. The molecule has 0 unspecified atom stereocenters. The van der Waals surface area contributed by atoms with Crippen LogP contribution in [0.1, 0.15) is 19.0 Å². The van der Waals surface area contributed by atoms with Gasteiger partial charge in [-0.3, -0.25) is 10.4 Å². The molecule has 0 aliphatic carbocycles. The lowest BCUT2D eigenvalue weighted by atomic mass is 10.2. The minimum Gasteiger partial charge on any atom is -0.308 e. The maximum absolute atomic E-state index is 11.7. The Morgan fingerprint density at radius 2 is 2.05 bits per heavy atom. The molecule has 0 saturated carbocycles. The fourth-order valence-corrected chi connectivity index (χ4v) is 1.76. The molecule has 3 N–H and O–H groups in total. The summed E-state index contributed by atoms with van der Waals surface area (Å²) < 4.78 is 0. The van der Waals surface area contributed by atoms with E-state index in [0.717, 1.165) is 18.5 Å². The first-order chi connectivity index (χ1) is 9.17. The predicted molar refractivity (Wildman–Crippen MR) is 76.7 cm³/mol. The molecule has 6 heteroatoms. The van der Waals surface area contributed by atoms with Crippen LogP contribution in [0.4, 0.5) is 16.3 Å². The summed E-state index contributed by atoms with van der Waals surface area (Å²) >= 11 is 5.77. The quantitative estimate of drug-likeness (QED) is 0.799. The van der Waals surface area contributed by atoms with E-state index >= 15 is 0 Å². The molecule has 19 heavy (non-hydrogen) atoms. The third-order valence-electron chi connectivity index (χ3n) is 2.49. The van der Waals surface area contributed by atoms with Crippen LogP contribution in [0.2, 0.25) is 5.02 Å². The second-order valence-corrected chi connectivity index (χ2v) is 4.55. The van der Waals surface area contributed by atoms with Crippen LogP contribution in [0.15, 0.2) is 30.3 Å². The Hall–Kier alpha value is -2.01. The Kier molecular flexibility index (Phi) is 4.41. The number of nitrogens with zero attached hydrogens (tertiary/aromatic N) is 1. The number of carbonyl (C=O) groups excluding carboxylic acids is 1. The molecule has 1 aromatic heterocycles. The van der Waals surface area contributed by atoms with E-state index < -0.39 is 0 Å². The molecule has 0 radical (unpaired) electrons. The molecule has 100 valence electrons. The number of halogens is 1. The van der Waals surface area contributed by atoms with Gasteiger partial charge in [-0.15, -0.1) is 0 Å². The number of hydrogen-bond donors (Lipinski definition) is 3. The Labute approximate surface area is 116 Å². The first-order valence-electron chi connectivity index (χ1n) is 6.05. The lowest BCUT2D eigenvalue weighted by Gasteiger charge is -2.05. The lowest BCUT2D eigenvalue weighted by molar-refractivity contribution is 0.262. The van der Waals surface area contributed by atoms with Crippen LogP contribution in [0.5, 0.6) is 0 Å². The molecule has 0 bridgehead atoms. The molecule has 1 heterocycles. The largest absolute Gasteiger partial charge is 0.324 e. The van der Waals surface area contributed by atoms with Crippen LogP contribution >= 0.6 is 11.6 Å². The average Bonchev–Trinajstić information content (AvgIpc) is 2.80. The fourth-order valence-electron chi connectivity index (χ4n) is 1.63. The fraction of sp³-hybridized carbons (Fsp3) is 0.231. The highest BCUT2D eigenvalue weighted by Crippen LogP contribution is 2.14. The van der Waals surface area contributed by atoms with Crippen molar-refractivity contribution in [1.82, 2.24) is 10.2 Å². The minimum atomic E-state index is -0.336. The Bertz CT molecular complexity index is 550. The van der Waals surface area contributed by atoms with Crippen LogP contribution in [0.3, 0.4) is 0 Å². The van der Waals surface area contributed by atoms with E-state index in [0.29, 0.717) is 16.5 Å². The van der Waals surface area contributed by atoms with E-state index in [1.807, 2.05) is 6.07 Å². The normalized spacial score (nSPS) is 10.2. The Balaban J connectivity index is 1.91. The SMILES string of the molecule is CCCc1cc(NC(=O)Nc2ccc(Cl)cc2)n[nH]1. The van der Waals surface area contributed by atoms with Gasteiger partial charge in [-0.05, 0) is 30.7 Å². The summed E-state index contributed by atoms with van der Waals surface area (Å²) in [5.74, 6) is 0.509. The van der Waals surface area contributed by atoms with Crippen molar-refractivity contribution in [2.75, 3.05) is 10.6 Å². The molecule has 0 atom stereocenters. The van der Waals surface area contributed by atoms with E-state index in [2.05, 4.69) is 27.8 Å². The monoisotopic (exact) mass is 278 g/mol. The number of aromatic nitrogens is 2. The van der Waals surface area contributed by atoms with Crippen molar-refractivity contribution >= 4 is 29.1 Å². The summed E-state index contributed by atoms with van der Waals surface area (Å²) in [6.07, 6.45) is 1.94. The van der Waals surface area contributed by atoms with Crippen LogP contribution in [0.25, 0.3) is 0 Å². The van der Waals surface area contributed by atoms with Gasteiger partial charge >= 0.3 is 6.03 Å². The summed E-state index contributed by atoms with van der Waals surface area (Å²) in [5, 5.41) is 12.9. The Morgan fingerprint density at radius 3 is 2.74 bits per heavy atom. The molecule has 0 aliphatic rings. The first kappa shape index (κ1) is 13.4. The van der Waals surface area contributed by atoms with Gasteiger partial charge in [0.25, 0.3) is 0 Å². The van der Waals surface area contributed by atoms with Crippen LogP contribution in [-0.2, 0) is 6.42 Å². The molecule has 0 saturated heterocycles. The van der Waals surface area contributed by atoms with Gasteiger partial charge in [0.1, 0.15) is 0 Å². The molecule has 2 rings (SSSR count). The summed E-state index contributed by atoms with van der Waals surface area (Å²) in [7, 11) is 0. The zero-order chi connectivity index (χ0) is 13.7. The Morgan fingerprint density at radius 1 is 1.32 bits per heavy atom. The second kappa shape index (κ2) is 6.24. The number of anilines is 2. The van der Waals surface area contributed by atoms with Crippen molar-refractivity contribution in [2.45, 2.75) is 19.8 Å². The summed E-state index contributed by atoms with van der Waals surface area (Å²) in [5.41, 5.74) is 1.68. The number of amides is 2. The molecular formula is C13H15ClN4O. The summed E-state index contributed by atoms with van der Waals surface area (Å²) in [4.78, 5) is 11.7. The van der Waals surface area contributed by atoms with E-state index in [-0.39, 0.29) is 6.03 Å². The van der Waals surface area contributed by atoms with Gasteiger partial charge < -0.3 is 5.32 Å². The van der Waals surface area contributed by atoms with Gasteiger partial charge in [0.05, 0.1) is 0 Å². The van der Waals surface area contributed by atoms with E-state index in [1.165, 1.54) is 0 Å². The van der Waals surface area contributed by atoms with Crippen molar-refractivity contribution in [3.05, 3.63) is 41.0 Å². The molecule has 1 aromatic carbocycles.